The van der Waals surface area contributed by atoms with E-state index >= 15 is 0 Å². The lowest BCUT2D eigenvalue weighted by atomic mass is 10.0. The maximum Gasteiger partial charge on any atom is 0.0666 e. The lowest BCUT2D eigenvalue weighted by Gasteiger charge is -2.31. The first-order valence-electron chi connectivity index (χ1n) is 7.20. The molecule has 102 valence electrons. The molecule has 1 N–H and O–H groups in total. The second-order valence-corrected chi connectivity index (χ2v) is 5.22. The van der Waals surface area contributed by atoms with Gasteiger partial charge in [-0.1, -0.05) is 13.8 Å². The highest BCUT2D eigenvalue weighted by Gasteiger charge is 2.17. The number of aryl methyl sites for hydroxylation is 2. The average Bonchev–Trinajstić information content (AvgIpc) is 2.77. The van der Waals surface area contributed by atoms with Gasteiger partial charge in [0.05, 0.1) is 5.69 Å². The molecular formula is C14H26N4. The van der Waals surface area contributed by atoms with Gasteiger partial charge in [-0.25, -0.2) is 0 Å². The molecule has 1 aromatic heterocycles. The van der Waals surface area contributed by atoms with Crippen LogP contribution in [-0.4, -0.2) is 40.4 Å². The fraction of sp³-hybridized carbons (Fsp3) is 0.786. The quantitative estimate of drug-likeness (QED) is 0.861. The summed E-state index contributed by atoms with van der Waals surface area (Å²) in [5.74, 6) is 0. The summed E-state index contributed by atoms with van der Waals surface area (Å²) in [6.07, 6.45) is 5.71. The zero-order valence-corrected chi connectivity index (χ0v) is 11.9. The van der Waals surface area contributed by atoms with Gasteiger partial charge < -0.3 is 10.2 Å². The summed E-state index contributed by atoms with van der Waals surface area (Å²) in [5, 5.41) is 8.18. The summed E-state index contributed by atoms with van der Waals surface area (Å²) < 4.78 is 1.93. The van der Waals surface area contributed by atoms with Gasteiger partial charge in [0.1, 0.15) is 0 Å². The van der Waals surface area contributed by atoms with E-state index in [4.69, 9.17) is 0 Å². The van der Waals surface area contributed by atoms with Crippen molar-refractivity contribution >= 4 is 0 Å². The van der Waals surface area contributed by atoms with E-state index in [1.54, 1.807) is 0 Å². The first-order chi connectivity index (χ1) is 8.72. The number of nitrogens with one attached hydrogen (secondary N) is 1. The molecule has 1 fully saturated rings. The van der Waals surface area contributed by atoms with Crippen LogP contribution in [0.2, 0.25) is 0 Å². The van der Waals surface area contributed by atoms with E-state index in [-0.39, 0.29) is 0 Å². The third-order valence-corrected chi connectivity index (χ3v) is 3.94. The highest BCUT2D eigenvalue weighted by atomic mass is 15.3. The van der Waals surface area contributed by atoms with E-state index in [2.05, 4.69) is 35.4 Å². The normalized spacial score (nSPS) is 18.4. The number of nitrogens with zero attached hydrogens (tertiary/aromatic N) is 3. The van der Waals surface area contributed by atoms with Crippen molar-refractivity contribution in [3.63, 3.8) is 0 Å². The summed E-state index contributed by atoms with van der Waals surface area (Å²) in [5.41, 5.74) is 2.59. The fourth-order valence-corrected chi connectivity index (χ4v) is 2.74. The number of rotatable bonds is 5. The van der Waals surface area contributed by atoms with Crippen LogP contribution >= 0.6 is 0 Å². The molecule has 0 bridgehead atoms. The number of hydrogen-bond acceptors (Lipinski definition) is 3. The molecule has 1 aliphatic rings. The Bertz CT molecular complexity index is 364. The molecule has 4 nitrogen and oxygen atoms in total. The monoisotopic (exact) mass is 250 g/mol. The molecule has 2 rings (SSSR count). The minimum atomic E-state index is 0.678. The van der Waals surface area contributed by atoms with Gasteiger partial charge in [0.2, 0.25) is 0 Å². The molecule has 0 atom stereocenters. The molecule has 2 heterocycles. The van der Waals surface area contributed by atoms with Gasteiger partial charge in [0.25, 0.3) is 0 Å². The smallest absolute Gasteiger partial charge is 0.0666 e. The summed E-state index contributed by atoms with van der Waals surface area (Å²) in [6, 6.07) is 0.678. The third-order valence-electron chi connectivity index (χ3n) is 3.94. The predicted molar refractivity (Wildman–Crippen MR) is 74.6 cm³/mol. The highest BCUT2D eigenvalue weighted by molar-refractivity contribution is 5.16. The standard InChI is InChI=1S/C14H26N4/c1-4-14-12(11-17(3)16-14)10-15-13-6-8-18(5-2)9-7-13/h11,13,15H,4-10H2,1-3H3. The molecule has 18 heavy (non-hydrogen) atoms. The van der Waals surface area contributed by atoms with Crippen LogP contribution in [0.4, 0.5) is 0 Å². The summed E-state index contributed by atoms with van der Waals surface area (Å²) in [7, 11) is 2.00. The van der Waals surface area contributed by atoms with Gasteiger partial charge in [0, 0.05) is 31.4 Å². The topological polar surface area (TPSA) is 33.1 Å². The number of piperidine rings is 1. The van der Waals surface area contributed by atoms with Gasteiger partial charge >= 0.3 is 0 Å². The lowest BCUT2D eigenvalue weighted by Crippen LogP contribution is -2.42. The molecule has 1 aliphatic heterocycles. The minimum Gasteiger partial charge on any atom is -0.310 e. The molecular weight excluding hydrogens is 224 g/mol. The lowest BCUT2D eigenvalue weighted by molar-refractivity contribution is 0.206. The van der Waals surface area contributed by atoms with Crippen LogP contribution in [0.5, 0.6) is 0 Å². The molecule has 0 aromatic carbocycles. The van der Waals surface area contributed by atoms with Crippen LogP contribution in [-0.2, 0) is 20.0 Å². The van der Waals surface area contributed by atoms with E-state index in [1.807, 2.05) is 11.7 Å². The molecule has 0 aliphatic carbocycles. The third kappa shape index (κ3) is 3.33. The molecule has 4 heteroatoms. The maximum absolute atomic E-state index is 4.49. The van der Waals surface area contributed by atoms with E-state index in [0.717, 1.165) is 13.0 Å². The zero-order valence-electron chi connectivity index (χ0n) is 11.9. The Morgan fingerprint density at radius 2 is 2.06 bits per heavy atom. The second-order valence-electron chi connectivity index (χ2n) is 5.22. The minimum absolute atomic E-state index is 0.678. The Morgan fingerprint density at radius 1 is 1.33 bits per heavy atom. The van der Waals surface area contributed by atoms with Crippen molar-refractivity contribution in [2.24, 2.45) is 7.05 Å². The molecule has 1 aromatic rings. The second kappa shape index (κ2) is 6.34. The Morgan fingerprint density at radius 3 is 2.67 bits per heavy atom. The van der Waals surface area contributed by atoms with Gasteiger partial charge in [0.15, 0.2) is 0 Å². The number of likely N-dealkylation sites (tertiary alicyclic amines) is 1. The van der Waals surface area contributed by atoms with Crippen molar-refractivity contribution in [2.75, 3.05) is 19.6 Å². The first kappa shape index (κ1) is 13.6. The van der Waals surface area contributed by atoms with Crippen LogP contribution in [0, 0.1) is 0 Å². The first-order valence-corrected chi connectivity index (χ1v) is 7.20. The van der Waals surface area contributed by atoms with Crippen molar-refractivity contribution in [3.8, 4) is 0 Å². The van der Waals surface area contributed by atoms with Crippen molar-refractivity contribution in [3.05, 3.63) is 17.5 Å². The van der Waals surface area contributed by atoms with Crippen LogP contribution in [0.1, 0.15) is 37.9 Å². The van der Waals surface area contributed by atoms with Crippen LogP contribution in [0.3, 0.4) is 0 Å². The largest absolute Gasteiger partial charge is 0.310 e. The molecule has 1 saturated heterocycles. The number of hydrogen-bond donors (Lipinski definition) is 1. The summed E-state index contributed by atoms with van der Waals surface area (Å²) in [4.78, 5) is 2.53. The van der Waals surface area contributed by atoms with E-state index in [0.29, 0.717) is 6.04 Å². The highest BCUT2D eigenvalue weighted by Crippen LogP contribution is 2.12. The van der Waals surface area contributed by atoms with Gasteiger partial charge in [-0.3, -0.25) is 4.68 Å². The summed E-state index contributed by atoms with van der Waals surface area (Å²) >= 11 is 0. The molecule has 0 unspecified atom stereocenters. The zero-order chi connectivity index (χ0) is 13.0. The maximum atomic E-state index is 4.49. The fourth-order valence-electron chi connectivity index (χ4n) is 2.74. The van der Waals surface area contributed by atoms with Gasteiger partial charge in [-0.2, -0.15) is 5.10 Å². The SMILES string of the molecule is CCc1nn(C)cc1CNC1CCN(CC)CC1. The van der Waals surface area contributed by atoms with Crippen molar-refractivity contribution in [1.29, 1.82) is 0 Å². The predicted octanol–water partition coefficient (Wildman–Crippen LogP) is 1.56. The molecule has 0 spiro atoms. The van der Waals surface area contributed by atoms with Crippen molar-refractivity contribution in [2.45, 2.75) is 45.7 Å². The Hall–Kier alpha value is -0.870. The Balaban J connectivity index is 1.81. The Kier molecular flexibility index (Phi) is 4.78. The van der Waals surface area contributed by atoms with Gasteiger partial charge in [-0.05, 0) is 38.9 Å². The molecule has 0 amide bonds. The van der Waals surface area contributed by atoms with E-state index in [9.17, 15) is 0 Å². The van der Waals surface area contributed by atoms with Crippen LogP contribution in [0.15, 0.2) is 6.20 Å². The van der Waals surface area contributed by atoms with E-state index < -0.39 is 0 Å². The summed E-state index contributed by atoms with van der Waals surface area (Å²) in [6.45, 7) is 9.05. The van der Waals surface area contributed by atoms with Crippen LogP contribution < -0.4 is 5.32 Å². The van der Waals surface area contributed by atoms with Crippen LogP contribution in [0.25, 0.3) is 0 Å². The molecule has 0 radical (unpaired) electrons. The number of aromatic nitrogens is 2. The van der Waals surface area contributed by atoms with Crippen molar-refractivity contribution in [1.82, 2.24) is 20.0 Å². The molecule has 0 saturated carbocycles. The van der Waals surface area contributed by atoms with Crippen molar-refractivity contribution < 1.29 is 0 Å². The Labute approximate surface area is 110 Å². The van der Waals surface area contributed by atoms with Gasteiger partial charge in [-0.15, -0.1) is 0 Å². The van der Waals surface area contributed by atoms with E-state index in [1.165, 1.54) is 43.7 Å². The average molecular weight is 250 g/mol.